The highest BCUT2D eigenvalue weighted by Crippen LogP contribution is 2.59. The zero-order valence-corrected chi connectivity index (χ0v) is 27.0. The summed E-state index contributed by atoms with van der Waals surface area (Å²) in [6, 6.07) is 7.34. The number of carbonyl (C=O) groups is 4. The molecule has 45 heavy (non-hydrogen) atoms. The van der Waals surface area contributed by atoms with E-state index in [0.717, 1.165) is 0 Å². The molecule has 246 valence electrons. The van der Waals surface area contributed by atoms with Gasteiger partial charge < -0.3 is 29.7 Å². The van der Waals surface area contributed by atoms with E-state index in [0.29, 0.717) is 31.2 Å². The first-order chi connectivity index (χ1) is 21.6. The average molecular weight is 624 g/mol. The van der Waals surface area contributed by atoms with Gasteiger partial charge in [-0.15, -0.1) is 13.2 Å². The molecule has 2 N–H and O–H groups in total. The van der Waals surface area contributed by atoms with E-state index in [1.807, 2.05) is 58.0 Å². The summed E-state index contributed by atoms with van der Waals surface area (Å²) in [5.41, 5.74) is -0.519. The van der Waals surface area contributed by atoms with Crippen molar-refractivity contribution in [3.05, 3.63) is 61.2 Å². The smallest absolute Gasteiger partial charge is 0.313 e. The molecule has 3 saturated heterocycles. The minimum atomic E-state index is -1.22. The minimum Gasteiger partial charge on any atom is -0.455 e. The fourth-order valence-electron chi connectivity index (χ4n) is 7.30. The quantitative estimate of drug-likeness (QED) is 0.213. The van der Waals surface area contributed by atoms with Crippen molar-refractivity contribution in [2.24, 2.45) is 17.8 Å². The van der Waals surface area contributed by atoms with Crippen molar-refractivity contribution in [1.82, 2.24) is 15.1 Å². The number of esters is 1. The van der Waals surface area contributed by atoms with Gasteiger partial charge in [0.25, 0.3) is 0 Å². The first-order valence-electron chi connectivity index (χ1n) is 16.2. The van der Waals surface area contributed by atoms with Gasteiger partial charge in [0.15, 0.2) is 0 Å². The normalized spacial score (nSPS) is 27.1. The number of nitrogens with zero attached hydrogens (tertiary/aromatic N) is 2. The summed E-state index contributed by atoms with van der Waals surface area (Å²) in [6.07, 6.45) is 4.34. The topological polar surface area (TPSA) is 125 Å². The number of aliphatic hydroxyl groups is 1. The largest absolute Gasteiger partial charge is 0.455 e. The maximum absolute atomic E-state index is 14.5. The molecule has 1 aromatic rings. The van der Waals surface area contributed by atoms with Crippen LogP contribution in [0.5, 0.6) is 0 Å². The molecule has 0 aliphatic carbocycles. The fraction of sp³-hybridized carbons (Fsp3) is 0.600. The summed E-state index contributed by atoms with van der Waals surface area (Å²) >= 11 is 0. The Bertz CT molecular complexity index is 1250. The number of aliphatic hydroxyl groups excluding tert-OH is 1. The third kappa shape index (κ3) is 6.58. The molecule has 4 rings (SSSR count). The van der Waals surface area contributed by atoms with E-state index in [2.05, 4.69) is 18.5 Å². The Morgan fingerprint density at radius 1 is 1.20 bits per heavy atom. The fourth-order valence-corrected chi connectivity index (χ4v) is 7.30. The van der Waals surface area contributed by atoms with Crippen LogP contribution in [0, 0.1) is 17.8 Å². The third-order valence-electron chi connectivity index (χ3n) is 9.81. The number of amides is 3. The van der Waals surface area contributed by atoms with Crippen LogP contribution < -0.4 is 5.32 Å². The zero-order chi connectivity index (χ0) is 32.9. The molecule has 2 bridgehead atoms. The molecule has 10 nitrogen and oxygen atoms in total. The third-order valence-corrected chi connectivity index (χ3v) is 9.81. The van der Waals surface area contributed by atoms with Gasteiger partial charge in [-0.3, -0.25) is 19.2 Å². The second-order valence-corrected chi connectivity index (χ2v) is 12.8. The van der Waals surface area contributed by atoms with Crippen molar-refractivity contribution in [2.45, 2.75) is 95.7 Å². The predicted molar refractivity (Wildman–Crippen MR) is 170 cm³/mol. The van der Waals surface area contributed by atoms with Crippen LogP contribution in [0.3, 0.4) is 0 Å². The average Bonchev–Trinajstić information content (AvgIpc) is 3.68. The lowest BCUT2D eigenvalue weighted by Gasteiger charge is -2.41. The van der Waals surface area contributed by atoms with Crippen molar-refractivity contribution < 1.29 is 33.8 Å². The summed E-state index contributed by atoms with van der Waals surface area (Å²) in [4.78, 5) is 58.6. The van der Waals surface area contributed by atoms with Gasteiger partial charge in [-0.05, 0) is 44.6 Å². The van der Waals surface area contributed by atoms with Crippen LogP contribution in [0.15, 0.2) is 55.6 Å². The number of benzene rings is 1. The SMILES string of the molecule is C=CCCC(=O)NC[C@H](OC(=O)[C@@H]1[C@H]2C(=O)N([C@@H](CO)[C@@H](C)CC)[C@H](C(=O)N(CC=C)C(C)C)[C@]23CC[C@H]1O3)c1ccccc1. The van der Waals surface area contributed by atoms with Crippen LogP contribution in [0.1, 0.15) is 71.5 Å². The van der Waals surface area contributed by atoms with Crippen LogP contribution in [-0.2, 0) is 28.7 Å². The van der Waals surface area contributed by atoms with Gasteiger partial charge in [0, 0.05) is 19.0 Å². The maximum atomic E-state index is 14.5. The summed E-state index contributed by atoms with van der Waals surface area (Å²) in [6.45, 7) is 15.2. The molecule has 3 aliphatic rings. The molecular weight excluding hydrogens is 574 g/mol. The molecule has 0 unspecified atom stereocenters. The number of rotatable bonds is 16. The Kier molecular flexibility index (Phi) is 11.3. The van der Waals surface area contributed by atoms with Gasteiger partial charge in [-0.2, -0.15) is 0 Å². The van der Waals surface area contributed by atoms with Crippen molar-refractivity contribution in [2.75, 3.05) is 19.7 Å². The number of nitrogens with one attached hydrogen (secondary N) is 1. The lowest BCUT2D eigenvalue weighted by atomic mass is 9.70. The van der Waals surface area contributed by atoms with Crippen LogP contribution in [-0.4, -0.2) is 88.1 Å². The molecule has 10 heteroatoms. The van der Waals surface area contributed by atoms with E-state index in [9.17, 15) is 24.3 Å². The van der Waals surface area contributed by atoms with Crippen LogP contribution in [0.2, 0.25) is 0 Å². The van der Waals surface area contributed by atoms with E-state index in [1.54, 1.807) is 17.1 Å². The standard InChI is InChI=1S/C35H49N3O7/c1-7-10-16-28(40)36-20-27(24-14-12-11-13-15-24)44-34(43)29-26-17-18-35(45-26)30(29)32(41)38(25(21-39)23(6)9-3)31(35)33(42)37(19-8-2)22(4)5/h7-8,11-15,22-23,25-27,29-31,39H,1-2,9-10,16-21H2,3-6H3,(H,36,40)/t23-,25-,26+,27-,29-,30-,31+,35-/m0/s1. The number of hydrogen-bond donors (Lipinski definition) is 2. The number of allylic oxidation sites excluding steroid dienone is 1. The Labute approximate surface area is 266 Å². The van der Waals surface area contributed by atoms with E-state index in [-0.39, 0.29) is 55.8 Å². The summed E-state index contributed by atoms with van der Waals surface area (Å²) in [5.74, 6) is -3.41. The molecule has 3 amide bonds. The maximum Gasteiger partial charge on any atom is 0.313 e. The van der Waals surface area contributed by atoms with E-state index >= 15 is 0 Å². The number of likely N-dealkylation sites (tertiary alicyclic amines) is 1. The Morgan fingerprint density at radius 3 is 2.51 bits per heavy atom. The highest BCUT2D eigenvalue weighted by atomic mass is 16.6. The minimum absolute atomic E-state index is 0.0620. The van der Waals surface area contributed by atoms with Crippen LogP contribution >= 0.6 is 0 Å². The molecule has 0 saturated carbocycles. The van der Waals surface area contributed by atoms with Crippen molar-refractivity contribution in [1.29, 1.82) is 0 Å². The van der Waals surface area contributed by atoms with Crippen LogP contribution in [0.4, 0.5) is 0 Å². The molecule has 3 heterocycles. The number of carbonyl (C=O) groups excluding carboxylic acids is 4. The molecule has 3 fully saturated rings. The first-order valence-corrected chi connectivity index (χ1v) is 16.2. The van der Waals surface area contributed by atoms with Crippen molar-refractivity contribution in [3.63, 3.8) is 0 Å². The van der Waals surface area contributed by atoms with Gasteiger partial charge in [-0.1, -0.05) is 62.8 Å². The lowest BCUT2D eigenvalue weighted by molar-refractivity contribution is -0.161. The van der Waals surface area contributed by atoms with Gasteiger partial charge in [0.2, 0.25) is 17.7 Å². The van der Waals surface area contributed by atoms with Crippen LogP contribution in [0.25, 0.3) is 0 Å². The molecular formula is C35H49N3O7. The Hall–Kier alpha value is -3.50. The van der Waals surface area contributed by atoms with Gasteiger partial charge in [-0.25, -0.2) is 0 Å². The van der Waals surface area contributed by atoms with E-state index < -0.39 is 47.7 Å². The molecule has 1 aromatic carbocycles. The summed E-state index contributed by atoms with van der Waals surface area (Å²) in [7, 11) is 0. The summed E-state index contributed by atoms with van der Waals surface area (Å²) in [5, 5.41) is 13.4. The van der Waals surface area contributed by atoms with E-state index in [4.69, 9.17) is 9.47 Å². The zero-order valence-electron chi connectivity index (χ0n) is 27.0. The van der Waals surface area contributed by atoms with Crippen molar-refractivity contribution in [3.8, 4) is 0 Å². The van der Waals surface area contributed by atoms with Gasteiger partial charge in [0.1, 0.15) is 17.7 Å². The molecule has 3 aliphatic heterocycles. The molecule has 0 radical (unpaired) electrons. The van der Waals surface area contributed by atoms with Gasteiger partial charge in [0.05, 0.1) is 37.1 Å². The van der Waals surface area contributed by atoms with Crippen molar-refractivity contribution >= 4 is 23.7 Å². The first kappa shape index (κ1) is 34.4. The number of fused-ring (bicyclic) bond motifs is 1. The van der Waals surface area contributed by atoms with Gasteiger partial charge >= 0.3 is 5.97 Å². The monoisotopic (exact) mass is 623 g/mol. The van der Waals surface area contributed by atoms with E-state index in [1.165, 1.54) is 4.90 Å². The highest BCUT2D eigenvalue weighted by molar-refractivity contribution is 5.98. The molecule has 8 atom stereocenters. The molecule has 0 aromatic heterocycles. The Balaban J connectivity index is 1.69. The summed E-state index contributed by atoms with van der Waals surface area (Å²) < 4.78 is 12.7. The highest BCUT2D eigenvalue weighted by Gasteiger charge is 2.76. The second-order valence-electron chi connectivity index (χ2n) is 12.8. The molecule has 1 spiro atoms. The number of ether oxygens (including phenoxy) is 2. The Morgan fingerprint density at radius 2 is 1.91 bits per heavy atom. The lowest BCUT2D eigenvalue weighted by Crippen LogP contribution is -2.60. The number of hydrogen-bond acceptors (Lipinski definition) is 7. The predicted octanol–water partition coefficient (Wildman–Crippen LogP) is 3.56. The second kappa shape index (κ2) is 14.7.